The number of aryl methyl sites for hydroxylation is 1. The van der Waals surface area contributed by atoms with Crippen LogP contribution in [0.1, 0.15) is 38.2 Å². The highest BCUT2D eigenvalue weighted by Gasteiger charge is 2.00. The maximum atomic E-state index is 5.52. The number of nitrogens with zero attached hydrogens (tertiary/aromatic N) is 2. The monoisotopic (exact) mass is 208 g/mol. The number of nitrogen functional groups attached to an aromatic ring is 1. The molecule has 0 radical (unpaired) electrons. The van der Waals surface area contributed by atoms with Crippen molar-refractivity contribution in [2.45, 2.75) is 39.5 Å². The number of rotatable bonds is 6. The standard InChI is InChI=1S/C11H20N4/c1-3-4-5-6-7-13-10-9(2)8-14-11(12)15-10/h8H,3-7H2,1-2H3,(H3,12,13,14,15). The summed E-state index contributed by atoms with van der Waals surface area (Å²) in [6.45, 7) is 5.15. The topological polar surface area (TPSA) is 63.8 Å². The molecular formula is C11H20N4. The molecule has 1 rings (SSSR count). The van der Waals surface area contributed by atoms with Crippen LogP contribution in [-0.4, -0.2) is 16.5 Å². The van der Waals surface area contributed by atoms with Crippen LogP contribution in [-0.2, 0) is 0 Å². The molecule has 0 atom stereocenters. The SMILES string of the molecule is CCCCCCNc1nc(N)ncc1C. The van der Waals surface area contributed by atoms with Gasteiger partial charge in [0.25, 0.3) is 0 Å². The van der Waals surface area contributed by atoms with E-state index >= 15 is 0 Å². The fourth-order valence-electron chi connectivity index (χ4n) is 1.39. The molecule has 0 aliphatic heterocycles. The van der Waals surface area contributed by atoms with Crippen LogP contribution in [0, 0.1) is 6.92 Å². The van der Waals surface area contributed by atoms with Gasteiger partial charge in [0.2, 0.25) is 5.95 Å². The highest BCUT2D eigenvalue weighted by atomic mass is 15.1. The summed E-state index contributed by atoms with van der Waals surface area (Å²) in [6, 6.07) is 0. The molecule has 1 heterocycles. The van der Waals surface area contributed by atoms with Crippen molar-refractivity contribution in [1.29, 1.82) is 0 Å². The van der Waals surface area contributed by atoms with E-state index < -0.39 is 0 Å². The molecule has 4 heteroatoms. The predicted molar refractivity (Wildman–Crippen MR) is 63.8 cm³/mol. The molecule has 1 aromatic heterocycles. The minimum Gasteiger partial charge on any atom is -0.370 e. The Bertz CT molecular complexity index is 299. The summed E-state index contributed by atoms with van der Waals surface area (Å²) in [7, 11) is 0. The number of aromatic nitrogens is 2. The molecule has 0 amide bonds. The van der Waals surface area contributed by atoms with Crippen molar-refractivity contribution in [1.82, 2.24) is 9.97 Å². The minimum absolute atomic E-state index is 0.330. The Hall–Kier alpha value is -1.32. The Morgan fingerprint density at radius 1 is 1.33 bits per heavy atom. The van der Waals surface area contributed by atoms with Crippen molar-refractivity contribution >= 4 is 11.8 Å². The first-order valence-electron chi connectivity index (χ1n) is 5.57. The van der Waals surface area contributed by atoms with Gasteiger partial charge >= 0.3 is 0 Å². The van der Waals surface area contributed by atoms with Crippen LogP contribution in [0.25, 0.3) is 0 Å². The van der Waals surface area contributed by atoms with E-state index in [1.165, 1.54) is 25.7 Å². The smallest absolute Gasteiger partial charge is 0.221 e. The third-order valence-electron chi connectivity index (χ3n) is 2.31. The molecule has 0 spiro atoms. The zero-order valence-corrected chi connectivity index (χ0v) is 9.58. The molecule has 1 aromatic rings. The number of hydrogen-bond donors (Lipinski definition) is 2. The number of hydrogen-bond acceptors (Lipinski definition) is 4. The molecule has 0 bridgehead atoms. The molecule has 84 valence electrons. The maximum absolute atomic E-state index is 5.52. The number of nitrogens with one attached hydrogen (secondary N) is 1. The predicted octanol–water partition coefficient (Wildman–Crippen LogP) is 2.36. The Morgan fingerprint density at radius 3 is 2.87 bits per heavy atom. The molecule has 0 aliphatic rings. The molecule has 0 aliphatic carbocycles. The Balaban J connectivity index is 2.33. The Kier molecular flexibility index (Phi) is 4.87. The van der Waals surface area contributed by atoms with Gasteiger partial charge in [0, 0.05) is 18.3 Å². The zero-order chi connectivity index (χ0) is 11.1. The van der Waals surface area contributed by atoms with Gasteiger partial charge in [-0.3, -0.25) is 0 Å². The van der Waals surface area contributed by atoms with Gasteiger partial charge in [-0.2, -0.15) is 4.98 Å². The Morgan fingerprint density at radius 2 is 2.13 bits per heavy atom. The molecule has 0 unspecified atom stereocenters. The Labute approximate surface area is 91.3 Å². The first kappa shape index (κ1) is 11.8. The molecule has 4 nitrogen and oxygen atoms in total. The minimum atomic E-state index is 0.330. The van der Waals surface area contributed by atoms with E-state index in [1.807, 2.05) is 6.92 Å². The maximum Gasteiger partial charge on any atom is 0.221 e. The van der Waals surface area contributed by atoms with E-state index in [9.17, 15) is 0 Å². The van der Waals surface area contributed by atoms with Gasteiger partial charge in [-0.25, -0.2) is 4.98 Å². The summed E-state index contributed by atoms with van der Waals surface area (Å²) >= 11 is 0. The van der Waals surface area contributed by atoms with E-state index in [-0.39, 0.29) is 0 Å². The highest BCUT2D eigenvalue weighted by molar-refractivity contribution is 5.44. The quantitative estimate of drug-likeness (QED) is 0.704. The molecule has 0 fully saturated rings. The van der Waals surface area contributed by atoms with Gasteiger partial charge in [0.15, 0.2) is 0 Å². The van der Waals surface area contributed by atoms with Crippen molar-refractivity contribution in [2.24, 2.45) is 0 Å². The van der Waals surface area contributed by atoms with Crippen LogP contribution in [0.15, 0.2) is 6.20 Å². The summed E-state index contributed by atoms with van der Waals surface area (Å²) in [6.07, 6.45) is 6.75. The van der Waals surface area contributed by atoms with Crippen LogP contribution in [0.4, 0.5) is 11.8 Å². The third kappa shape index (κ3) is 4.14. The van der Waals surface area contributed by atoms with Crippen molar-refractivity contribution in [3.8, 4) is 0 Å². The lowest BCUT2D eigenvalue weighted by Gasteiger charge is -2.07. The normalized spacial score (nSPS) is 10.3. The van der Waals surface area contributed by atoms with Crippen molar-refractivity contribution < 1.29 is 0 Å². The van der Waals surface area contributed by atoms with E-state index in [4.69, 9.17) is 5.73 Å². The molecule has 0 aromatic carbocycles. The molecule has 0 saturated heterocycles. The van der Waals surface area contributed by atoms with Crippen molar-refractivity contribution in [2.75, 3.05) is 17.6 Å². The summed E-state index contributed by atoms with van der Waals surface area (Å²) < 4.78 is 0. The largest absolute Gasteiger partial charge is 0.370 e. The first-order chi connectivity index (χ1) is 7.24. The van der Waals surface area contributed by atoms with Gasteiger partial charge in [0.1, 0.15) is 5.82 Å². The number of nitrogens with two attached hydrogens (primary N) is 1. The highest BCUT2D eigenvalue weighted by Crippen LogP contribution is 2.11. The van der Waals surface area contributed by atoms with Gasteiger partial charge in [-0.1, -0.05) is 26.2 Å². The van der Waals surface area contributed by atoms with Crippen molar-refractivity contribution in [3.05, 3.63) is 11.8 Å². The van der Waals surface area contributed by atoms with E-state index in [1.54, 1.807) is 6.20 Å². The van der Waals surface area contributed by atoms with E-state index in [0.29, 0.717) is 5.95 Å². The third-order valence-corrected chi connectivity index (χ3v) is 2.31. The summed E-state index contributed by atoms with van der Waals surface area (Å²) in [4.78, 5) is 8.07. The average molecular weight is 208 g/mol. The number of unbranched alkanes of at least 4 members (excludes halogenated alkanes) is 3. The van der Waals surface area contributed by atoms with Crippen molar-refractivity contribution in [3.63, 3.8) is 0 Å². The lowest BCUT2D eigenvalue weighted by atomic mass is 10.2. The fraction of sp³-hybridized carbons (Fsp3) is 0.636. The van der Waals surface area contributed by atoms with Gasteiger partial charge in [-0.05, 0) is 13.3 Å². The summed E-state index contributed by atoms with van der Waals surface area (Å²) in [5, 5.41) is 3.28. The van der Waals surface area contributed by atoms with Crippen LogP contribution in [0.3, 0.4) is 0 Å². The average Bonchev–Trinajstić information content (AvgIpc) is 2.23. The second kappa shape index (κ2) is 6.22. The van der Waals surface area contributed by atoms with E-state index in [0.717, 1.165) is 17.9 Å². The summed E-state index contributed by atoms with van der Waals surface area (Å²) in [5.41, 5.74) is 6.56. The van der Waals surface area contributed by atoms with Crippen LogP contribution < -0.4 is 11.1 Å². The van der Waals surface area contributed by atoms with Gasteiger partial charge < -0.3 is 11.1 Å². The molecule has 15 heavy (non-hydrogen) atoms. The lowest BCUT2D eigenvalue weighted by molar-refractivity contribution is 0.684. The van der Waals surface area contributed by atoms with Crippen LogP contribution in [0.2, 0.25) is 0 Å². The lowest BCUT2D eigenvalue weighted by Crippen LogP contribution is -2.07. The second-order valence-corrected chi connectivity index (χ2v) is 3.75. The van der Waals surface area contributed by atoms with Gasteiger partial charge in [0.05, 0.1) is 0 Å². The first-order valence-corrected chi connectivity index (χ1v) is 5.57. The van der Waals surface area contributed by atoms with Gasteiger partial charge in [-0.15, -0.1) is 0 Å². The molecular weight excluding hydrogens is 188 g/mol. The van der Waals surface area contributed by atoms with Crippen LogP contribution in [0.5, 0.6) is 0 Å². The van der Waals surface area contributed by atoms with E-state index in [2.05, 4.69) is 22.2 Å². The fourth-order valence-corrected chi connectivity index (χ4v) is 1.39. The summed E-state index contributed by atoms with van der Waals surface area (Å²) in [5.74, 6) is 1.19. The molecule has 0 saturated carbocycles. The number of anilines is 2. The zero-order valence-electron chi connectivity index (χ0n) is 9.58. The second-order valence-electron chi connectivity index (χ2n) is 3.75. The molecule has 3 N–H and O–H groups in total. The van der Waals surface area contributed by atoms with Crippen LogP contribution >= 0.6 is 0 Å².